The smallest absolute Gasteiger partial charge is 0.175 e. The van der Waals surface area contributed by atoms with Gasteiger partial charge in [-0.25, -0.2) is 0 Å². The predicted molar refractivity (Wildman–Crippen MR) is 85.9 cm³/mol. The first-order valence-electron chi connectivity index (χ1n) is 6.96. The third kappa shape index (κ3) is 5.82. The second-order valence-corrected chi connectivity index (χ2v) is 6.07. The van der Waals surface area contributed by atoms with E-state index in [0.29, 0.717) is 31.2 Å². The molecule has 1 aromatic carbocycles. The van der Waals surface area contributed by atoms with Crippen LogP contribution in [0, 0.1) is 0 Å². The first-order valence-corrected chi connectivity index (χ1v) is 7.76. The number of nitrogens with one attached hydrogen (secondary N) is 1. The van der Waals surface area contributed by atoms with Gasteiger partial charge in [-0.05, 0) is 47.0 Å². The Morgan fingerprint density at radius 1 is 1.38 bits per heavy atom. The quantitative estimate of drug-likeness (QED) is 0.628. The molecule has 0 aliphatic carbocycles. The number of ether oxygens (including phenoxy) is 2. The topological polar surface area (TPSA) is 71.0 Å². The molecule has 0 bridgehead atoms. The molecule has 1 rings (SSSR count). The lowest BCUT2D eigenvalue weighted by Crippen LogP contribution is -2.40. The zero-order valence-corrected chi connectivity index (χ0v) is 14.4. The molecule has 0 aromatic heterocycles. The maximum absolute atomic E-state index is 9.73. The van der Waals surface area contributed by atoms with E-state index >= 15 is 0 Å². The maximum atomic E-state index is 9.73. The highest BCUT2D eigenvalue weighted by Crippen LogP contribution is 2.36. The van der Waals surface area contributed by atoms with E-state index in [4.69, 9.17) is 14.6 Å². The minimum atomic E-state index is -1.12. The van der Waals surface area contributed by atoms with Gasteiger partial charge in [0, 0.05) is 13.1 Å². The number of benzene rings is 1. The molecule has 5 nitrogen and oxygen atoms in total. The fourth-order valence-electron chi connectivity index (χ4n) is 1.75. The van der Waals surface area contributed by atoms with Crippen molar-refractivity contribution in [3.05, 3.63) is 22.2 Å². The zero-order chi connectivity index (χ0) is 15.9. The summed E-state index contributed by atoms with van der Waals surface area (Å²) >= 11 is 3.49. The summed E-state index contributed by atoms with van der Waals surface area (Å²) in [6.07, 6.45) is 0.926. The van der Waals surface area contributed by atoms with Crippen molar-refractivity contribution in [2.75, 3.05) is 26.9 Å². The average Bonchev–Trinajstić information content (AvgIpc) is 2.45. The third-order valence-corrected chi connectivity index (χ3v) is 3.50. The Kier molecular flexibility index (Phi) is 7.45. The minimum Gasteiger partial charge on any atom is -0.493 e. The van der Waals surface area contributed by atoms with Crippen LogP contribution in [0.15, 0.2) is 16.6 Å². The molecule has 0 amide bonds. The monoisotopic (exact) mass is 361 g/mol. The fourth-order valence-corrected chi connectivity index (χ4v) is 2.36. The normalized spacial score (nSPS) is 13.8. The van der Waals surface area contributed by atoms with Crippen LogP contribution in [0.5, 0.6) is 11.5 Å². The molecule has 0 saturated heterocycles. The summed E-state index contributed by atoms with van der Waals surface area (Å²) < 4.78 is 11.9. The molecule has 120 valence electrons. The van der Waals surface area contributed by atoms with Crippen LogP contribution < -0.4 is 14.8 Å². The van der Waals surface area contributed by atoms with E-state index in [0.717, 1.165) is 16.5 Å². The molecule has 0 aliphatic heterocycles. The number of methoxy groups -OCH3 is 1. The summed E-state index contributed by atoms with van der Waals surface area (Å²) in [7, 11) is 1.61. The first kappa shape index (κ1) is 18.2. The third-order valence-electron chi connectivity index (χ3n) is 2.92. The SMILES string of the molecule is CCCOc1c(Br)cc(CNCC(C)(O)CO)cc1OC. The summed E-state index contributed by atoms with van der Waals surface area (Å²) in [6.45, 7) is 4.84. The zero-order valence-electron chi connectivity index (χ0n) is 12.8. The van der Waals surface area contributed by atoms with Gasteiger partial charge in [0.15, 0.2) is 11.5 Å². The molecule has 0 saturated carbocycles. The van der Waals surface area contributed by atoms with Crippen LogP contribution in [0.25, 0.3) is 0 Å². The van der Waals surface area contributed by atoms with Crippen molar-refractivity contribution in [3.63, 3.8) is 0 Å². The number of halogens is 1. The van der Waals surface area contributed by atoms with E-state index in [2.05, 4.69) is 21.2 Å². The Morgan fingerprint density at radius 3 is 2.67 bits per heavy atom. The number of rotatable bonds is 9. The molecule has 0 spiro atoms. The van der Waals surface area contributed by atoms with Gasteiger partial charge in [0.05, 0.1) is 30.4 Å². The van der Waals surface area contributed by atoms with E-state index in [1.54, 1.807) is 14.0 Å². The Balaban J connectivity index is 2.74. The molecule has 0 fully saturated rings. The molecule has 21 heavy (non-hydrogen) atoms. The van der Waals surface area contributed by atoms with Crippen molar-refractivity contribution in [1.82, 2.24) is 5.32 Å². The van der Waals surface area contributed by atoms with Crippen LogP contribution in [-0.2, 0) is 6.54 Å². The highest BCUT2D eigenvalue weighted by Gasteiger charge is 2.18. The van der Waals surface area contributed by atoms with Gasteiger partial charge < -0.3 is 25.0 Å². The van der Waals surface area contributed by atoms with Gasteiger partial charge in [0.2, 0.25) is 0 Å². The minimum absolute atomic E-state index is 0.281. The maximum Gasteiger partial charge on any atom is 0.175 e. The molecule has 3 N–H and O–H groups in total. The van der Waals surface area contributed by atoms with Gasteiger partial charge in [-0.15, -0.1) is 0 Å². The summed E-state index contributed by atoms with van der Waals surface area (Å²) in [5.74, 6) is 1.37. The van der Waals surface area contributed by atoms with Crippen LogP contribution >= 0.6 is 15.9 Å². The Bertz CT molecular complexity index is 452. The van der Waals surface area contributed by atoms with Crippen molar-refractivity contribution in [3.8, 4) is 11.5 Å². The second-order valence-electron chi connectivity index (χ2n) is 5.22. The standard InChI is InChI=1S/C15H24BrNO4/c1-4-5-21-14-12(16)6-11(7-13(14)20-3)8-17-9-15(2,19)10-18/h6-7,17-19H,4-5,8-10H2,1-3H3. The van der Waals surface area contributed by atoms with Crippen LogP contribution in [-0.4, -0.2) is 42.7 Å². The van der Waals surface area contributed by atoms with Gasteiger partial charge in [0.1, 0.15) is 0 Å². The summed E-state index contributed by atoms with van der Waals surface area (Å²) in [5.41, 5.74) is -0.123. The molecule has 0 heterocycles. The molecule has 1 aromatic rings. The van der Waals surface area contributed by atoms with Gasteiger partial charge in [0.25, 0.3) is 0 Å². The van der Waals surface area contributed by atoms with Crippen molar-refractivity contribution < 1.29 is 19.7 Å². The number of hydrogen-bond donors (Lipinski definition) is 3. The predicted octanol–water partition coefficient (Wildman–Crippen LogP) is 2.08. The molecular weight excluding hydrogens is 338 g/mol. The Hall–Kier alpha value is -0.820. The average molecular weight is 362 g/mol. The Morgan fingerprint density at radius 2 is 2.10 bits per heavy atom. The lowest BCUT2D eigenvalue weighted by atomic mass is 10.1. The molecule has 1 atom stereocenters. The van der Waals surface area contributed by atoms with Crippen LogP contribution in [0.2, 0.25) is 0 Å². The Labute approximate surface area is 134 Å². The lowest BCUT2D eigenvalue weighted by molar-refractivity contribution is 0.00253. The molecule has 0 aliphatic rings. The highest BCUT2D eigenvalue weighted by molar-refractivity contribution is 9.10. The van der Waals surface area contributed by atoms with Crippen molar-refractivity contribution >= 4 is 15.9 Å². The lowest BCUT2D eigenvalue weighted by Gasteiger charge is -2.21. The van der Waals surface area contributed by atoms with Gasteiger partial charge in [-0.1, -0.05) is 6.92 Å². The molecule has 6 heteroatoms. The number of hydrogen-bond acceptors (Lipinski definition) is 5. The van der Waals surface area contributed by atoms with E-state index in [1.165, 1.54) is 0 Å². The van der Waals surface area contributed by atoms with Crippen LogP contribution in [0.1, 0.15) is 25.8 Å². The van der Waals surface area contributed by atoms with Gasteiger partial charge >= 0.3 is 0 Å². The number of aliphatic hydroxyl groups is 2. The van der Waals surface area contributed by atoms with Crippen molar-refractivity contribution in [2.45, 2.75) is 32.4 Å². The van der Waals surface area contributed by atoms with Gasteiger partial charge in [-0.3, -0.25) is 0 Å². The summed E-state index contributed by atoms with van der Waals surface area (Å²) in [5, 5.41) is 21.8. The van der Waals surface area contributed by atoms with Crippen molar-refractivity contribution in [1.29, 1.82) is 0 Å². The fraction of sp³-hybridized carbons (Fsp3) is 0.600. The second kappa shape index (κ2) is 8.58. The highest BCUT2D eigenvalue weighted by atomic mass is 79.9. The molecule has 1 unspecified atom stereocenters. The largest absolute Gasteiger partial charge is 0.493 e. The van der Waals surface area contributed by atoms with Crippen LogP contribution in [0.4, 0.5) is 0 Å². The van der Waals surface area contributed by atoms with E-state index in [-0.39, 0.29) is 6.61 Å². The molecular formula is C15H24BrNO4. The van der Waals surface area contributed by atoms with Crippen molar-refractivity contribution in [2.24, 2.45) is 0 Å². The number of aliphatic hydroxyl groups excluding tert-OH is 1. The van der Waals surface area contributed by atoms with Gasteiger partial charge in [-0.2, -0.15) is 0 Å². The van der Waals surface area contributed by atoms with Crippen LogP contribution in [0.3, 0.4) is 0 Å². The summed E-state index contributed by atoms with van der Waals surface area (Å²) in [4.78, 5) is 0. The molecule has 0 radical (unpaired) electrons. The van der Waals surface area contributed by atoms with E-state index < -0.39 is 5.60 Å². The van der Waals surface area contributed by atoms with E-state index in [1.807, 2.05) is 19.1 Å². The first-order chi connectivity index (χ1) is 9.93. The summed E-state index contributed by atoms with van der Waals surface area (Å²) in [6, 6.07) is 3.85. The van der Waals surface area contributed by atoms with E-state index in [9.17, 15) is 5.11 Å².